The van der Waals surface area contributed by atoms with Crippen LogP contribution in [0.5, 0.6) is 0 Å². The monoisotopic (exact) mass is 356 g/mol. The number of carbonyl (C=O) groups excluding carboxylic acids is 1. The molecule has 26 heavy (non-hydrogen) atoms. The SMILES string of the molecule is CC.CCCCCC(=O)N1CCc2c([nH]c3ccccc23)C1CC(C)C. The highest BCUT2D eigenvalue weighted by molar-refractivity contribution is 5.86. The van der Waals surface area contributed by atoms with Crippen molar-refractivity contribution in [1.82, 2.24) is 9.88 Å². The standard InChI is InChI=1S/C21H30N2O.C2H6/c1-4-5-6-11-20(24)23-13-12-17-16-9-7-8-10-18(16)22-21(17)19(23)14-15(2)3;1-2/h7-10,15,19,22H,4-6,11-14H2,1-3H3;1-2H3. The van der Waals surface area contributed by atoms with E-state index in [4.69, 9.17) is 0 Å². The van der Waals surface area contributed by atoms with Gasteiger partial charge in [-0.05, 0) is 36.8 Å². The molecule has 144 valence electrons. The largest absolute Gasteiger partial charge is 0.356 e. The summed E-state index contributed by atoms with van der Waals surface area (Å²) in [6.07, 6.45) is 6.01. The number of para-hydroxylation sites is 1. The van der Waals surface area contributed by atoms with Crippen molar-refractivity contribution in [3.8, 4) is 0 Å². The molecule has 3 nitrogen and oxygen atoms in total. The maximum Gasteiger partial charge on any atom is 0.223 e. The molecule has 0 aliphatic carbocycles. The number of hydrogen-bond acceptors (Lipinski definition) is 1. The predicted octanol–water partition coefficient (Wildman–Crippen LogP) is 6.25. The summed E-state index contributed by atoms with van der Waals surface area (Å²) in [6, 6.07) is 8.74. The Hall–Kier alpha value is -1.77. The Bertz CT molecular complexity index is 701. The molecule has 3 heteroatoms. The number of benzene rings is 1. The van der Waals surface area contributed by atoms with Gasteiger partial charge in [-0.3, -0.25) is 4.79 Å². The van der Waals surface area contributed by atoms with E-state index >= 15 is 0 Å². The number of nitrogens with zero attached hydrogens (tertiary/aromatic N) is 1. The third kappa shape index (κ3) is 4.49. The first-order valence-corrected chi connectivity index (χ1v) is 10.5. The van der Waals surface area contributed by atoms with Crippen LogP contribution >= 0.6 is 0 Å². The molecular weight excluding hydrogens is 320 g/mol. The van der Waals surface area contributed by atoms with Crippen molar-refractivity contribution >= 4 is 16.8 Å². The van der Waals surface area contributed by atoms with Crippen LogP contribution in [0.15, 0.2) is 24.3 Å². The molecule has 2 heterocycles. The van der Waals surface area contributed by atoms with E-state index < -0.39 is 0 Å². The maximum absolute atomic E-state index is 12.8. The minimum Gasteiger partial charge on any atom is -0.356 e. The van der Waals surface area contributed by atoms with Crippen LogP contribution in [0.25, 0.3) is 10.9 Å². The second-order valence-corrected chi connectivity index (χ2v) is 7.50. The first kappa shape index (κ1) is 20.5. The lowest BCUT2D eigenvalue weighted by atomic mass is 9.91. The number of hydrogen-bond donors (Lipinski definition) is 1. The molecule has 1 N–H and O–H groups in total. The molecule has 1 atom stereocenters. The van der Waals surface area contributed by atoms with Crippen molar-refractivity contribution in [2.75, 3.05) is 6.54 Å². The fraction of sp³-hybridized carbons (Fsp3) is 0.609. The van der Waals surface area contributed by atoms with Gasteiger partial charge < -0.3 is 9.88 Å². The number of aromatic amines is 1. The Kier molecular flexibility index (Phi) is 7.74. The average molecular weight is 357 g/mol. The highest BCUT2D eigenvalue weighted by Crippen LogP contribution is 2.38. The molecule has 1 aromatic heterocycles. The van der Waals surface area contributed by atoms with Gasteiger partial charge in [-0.25, -0.2) is 0 Å². The fourth-order valence-electron chi connectivity index (χ4n) is 3.98. The molecule has 0 bridgehead atoms. The Labute approximate surface area is 159 Å². The van der Waals surface area contributed by atoms with Crippen molar-refractivity contribution in [1.29, 1.82) is 0 Å². The number of amides is 1. The smallest absolute Gasteiger partial charge is 0.223 e. The van der Waals surface area contributed by atoms with Crippen molar-refractivity contribution < 1.29 is 4.79 Å². The van der Waals surface area contributed by atoms with Gasteiger partial charge in [0, 0.05) is 29.6 Å². The predicted molar refractivity (Wildman–Crippen MR) is 111 cm³/mol. The topological polar surface area (TPSA) is 36.1 Å². The van der Waals surface area contributed by atoms with Crippen LogP contribution in [0.4, 0.5) is 0 Å². The van der Waals surface area contributed by atoms with Crippen LogP contribution in [-0.2, 0) is 11.2 Å². The minimum absolute atomic E-state index is 0.204. The van der Waals surface area contributed by atoms with E-state index in [1.807, 2.05) is 13.8 Å². The van der Waals surface area contributed by atoms with E-state index in [1.54, 1.807) is 0 Å². The number of nitrogens with one attached hydrogen (secondary N) is 1. The Morgan fingerprint density at radius 3 is 2.65 bits per heavy atom. The van der Waals surface area contributed by atoms with E-state index in [9.17, 15) is 4.79 Å². The normalized spacial score (nSPS) is 16.4. The summed E-state index contributed by atoms with van der Waals surface area (Å²) in [4.78, 5) is 18.6. The zero-order valence-electron chi connectivity index (χ0n) is 17.3. The first-order valence-electron chi connectivity index (χ1n) is 10.5. The van der Waals surface area contributed by atoms with Crippen molar-refractivity contribution in [2.24, 2.45) is 5.92 Å². The van der Waals surface area contributed by atoms with Gasteiger partial charge in [-0.15, -0.1) is 0 Å². The summed E-state index contributed by atoms with van der Waals surface area (Å²) >= 11 is 0. The van der Waals surface area contributed by atoms with Crippen LogP contribution in [0.3, 0.4) is 0 Å². The zero-order valence-corrected chi connectivity index (χ0v) is 17.3. The van der Waals surface area contributed by atoms with Gasteiger partial charge in [0.1, 0.15) is 0 Å². The molecule has 1 aliphatic heterocycles. The van der Waals surface area contributed by atoms with E-state index in [0.29, 0.717) is 18.2 Å². The van der Waals surface area contributed by atoms with Crippen molar-refractivity contribution in [3.05, 3.63) is 35.5 Å². The van der Waals surface area contributed by atoms with Gasteiger partial charge in [0.2, 0.25) is 5.91 Å². The molecule has 1 aliphatic rings. The number of aromatic nitrogens is 1. The van der Waals surface area contributed by atoms with Crippen LogP contribution in [0.2, 0.25) is 0 Å². The highest BCUT2D eigenvalue weighted by atomic mass is 16.2. The number of fused-ring (bicyclic) bond motifs is 3. The lowest BCUT2D eigenvalue weighted by Crippen LogP contribution is -2.40. The van der Waals surface area contributed by atoms with Gasteiger partial charge in [0.25, 0.3) is 0 Å². The quantitative estimate of drug-likeness (QED) is 0.610. The molecule has 0 radical (unpaired) electrons. The zero-order chi connectivity index (χ0) is 19.1. The summed E-state index contributed by atoms with van der Waals surface area (Å²) in [5.74, 6) is 0.900. The third-order valence-corrected chi connectivity index (χ3v) is 5.17. The average Bonchev–Trinajstić information content (AvgIpc) is 3.02. The molecule has 3 rings (SSSR count). The second-order valence-electron chi connectivity index (χ2n) is 7.50. The molecule has 0 saturated heterocycles. The van der Waals surface area contributed by atoms with Gasteiger partial charge in [-0.1, -0.05) is 65.7 Å². The van der Waals surface area contributed by atoms with Gasteiger partial charge in [0.05, 0.1) is 6.04 Å². The van der Waals surface area contributed by atoms with Crippen LogP contribution < -0.4 is 0 Å². The summed E-state index contributed by atoms with van der Waals surface area (Å²) < 4.78 is 0. The Morgan fingerprint density at radius 2 is 1.96 bits per heavy atom. The summed E-state index contributed by atoms with van der Waals surface area (Å²) in [7, 11) is 0. The summed E-state index contributed by atoms with van der Waals surface area (Å²) in [6.45, 7) is 11.5. The van der Waals surface area contributed by atoms with Crippen molar-refractivity contribution in [3.63, 3.8) is 0 Å². The van der Waals surface area contributed by atoms with Crippen LogP contribution in [0.1, 0.15) is 84.0 Å². The molecule has 0 saturated carbocycles. The molecular formula is C23H36N2O. The van der Waals surface area contributed by atoms with Gasteiger partial charge in [-0.2, -0.15) is 0 Å². The number of H-pyrrole nitrogens is 1. The number of unbranched alkanes of at least 4 members (excludes halogenated alkanes) is 2. The Morgan fingerprint density at radius 1 is 1.23 bits per heavy atom. The second kappa shape index (κ2) is 9.80. The minimum atomic E-state index is 0.204. The molecule has 0 fully saturated rings. The third-order valence-electron chi connectivity index (χ3n) is 5.17. The van der Waals surface area contributed by atoms with Crippen LogP contribution in [-0.4, -0.2) is 22.3 Å². The van der Waals surface area contributed by atoms with E-state index in [-0.39, 0.29) is 6.04 Å². The molecule has 1 amide bonds. The summed E-state index contributed by atoms with van der Waals surface area (Å²) in [5, 5.41) is 1.33. The van der Waals surface area contributed by atoms with E-state index in [0.717, 1.165) is 38.6 Å². The number of rotatable bonds is 6. The lowest BCUT2D eigenvalue weighted by molar-refractivity contribution is -0.134. The molecule has 0 spiro atoms. The maximum atomic E-state index is 12.8. The fourth-order valence-corrected chi connectivity index (χ4v) is 3.98. The molecule has 2 aromatic rings. The highest BCUT2D eigenvalue weighted by Gasteiger charge is 2.33. The molecule has 1 aromatic carbocycles. The molecule has 1 unspecified atom stereocenters. The van der Waals surface area contributed by atoms with Crippen LogP contribution in [0, 0.1) is 5.92 Å². The van der Waals surface area contributed by atoms with Gasteiger partial charge >= 0.3 is 0 Å². The lowest BCUT2D eigenvalue weighted by Gasteiger charge is -2.37. The number of carbonyl (C=O) groups is 1. The summed E-state index contributed by atoms with van der Waals surface area (Å²) in [5.41, 5.74) is 3.91. The van der Waals surface area contributed by atoms with Gasteiger partial charge in [0.15, 0.2) is 0 Å². The Balaban J connectivity index is 0.00000117. The van der Waals surface area contributed by atoms with Crippen molar-refractivity contribution in [2.45, 2.75) is 79.2 Å². The van der Waals surface area contributed by atoms with E-state index in [1.165, 1.54) is 22.2 Å². The first-order chi connectivity index (χ1) is 12.6. The van der Waals surface area contributed by atoms with E-state index in [2.05, 4.69) is 54.9 Å².